The second kappa shape index (κ2) is 13.3. The molecule has 9 nitrogen and oxygen atoms in total. The van der Waals surface area contributed by atoms with E-state index in [1.165, 1.54) is 0 Å². The van der Waals surface area contributed by atoms with Gasteiger partial charge in [0.05, 0.1) is 0 Å². The van der Waals surface area contributed by atoms with Gasteiger partial charge >= 0.3 is 6.09 Å². The Balaban J connectivity index is 2.00. The van der Waals surface area contributed by atoms with Crippen molar-refractivity contribution >= 4 is 46.4 Å². The van der Waals surface area contributed by atoms with Crippen molar-refractivity contribution in [3.05, 3.63) is 84.4 Å². The lowest BCUT2D eigenvalue weighted by Crippen LogP contribution is -2.51. The highest BCUT2D eigenvalue weighted by atomic mass is 16.6. The predicted molar refractivity (Wildman–Crippen MR) is 159 cm³/mol. The molecule has 3 aromatic carbocycles. The molecule has 0 saturated carbocycles. The van der Waals surface area contributed by atoms with Crippen molar-refractivity contribution in [2.24, 2.45) is 5.73 Å². The number of hydrogen-bond donors (Lipinski definition) is 3. The number of ether oxygens (including phenoxy) is 1. The van der Waals surface area contributed by atoms with Crippen LogP contribution in [0, 0.1) is 12.5 Å². The summed E-state index contributed by atoms with van der Waals surface area (Å²) in [5.41, 5.74) is 6.09. The molecule has 0 radical (unpaired) electrons. The maximum absolute atomic E-state index is 13.8. The maximum atomic E-state index is 13.8. The van der Waals surface area contributed by atoms with E-state index in [9.17, 15) is 19.2 Å². The molecule has 0 heterocycles. The number of nitrogens with one attached hydrogen (secondary N) is 2. The molecule has 0 bridgehead atoms. The second-order valence-electron chi connectivity index (χ2n) is 10.4. The molecule has 0 spiro atoms. The average molecular weight is 555 g/mol. The summed E-state index contributed by atoms with van der Waals surface area (Å²) in [5, 5.41) is 7.24. The van der Waals surface area contributed by atoms with Gasteiger partial charge in [-0.05, 0) is 67.3 Å². The Morgan fingerprint density at radius 1 is 1.05 bits per heavy atom. The number of carbonyl (C=O) groups is 4. The maximum Gasteiger partial charge on any atom is 0.408 e. The molecule has 4 amide bonds. The van der Waals surface area contributed by atoms with E-state index in [-0.39, 0.29) is 12.8 Å². The number of rotatable bonds is 10. The molecule has 0 aromatic heterocycles. The van der Waals surface area contributed by atoms with Crippen molar-refractivity contribution < 1.29 is 23.9 Å². The highest BCUT2D eigenvalue weighted by molar-refractivity contribution is 6.01. The summed E-state index contributed by atoms with van der Waals surface area (Å²) in [6, 6.07) is 19.7. The van der Waals surface area contributed by atoms with Gasteiger partial charge in [0.25, 0.3) is 11.8 Å². The van der Waals surface area contributed by atoms with Crippen LogP contribution < -0.4 is 16.4 Å². The molecule has 0 fully saturated rings. The van der Waals surface area contributed by atoms with Crippen molar-refractivity contribution in [1.82, 2.24) is 10.2 Å². The monoisotopic (exact) mass is 554 g/mol. The zero-order valence-corrected chi connectivity index (χ0v) is 23.3. The highest BCUT2D eigenvalue weighted by Crippen LogP contribution is 2.27. The normalized spacial score (nSPS) is 12.3. The number of fused-ring (bicyclic) bond motifs is 1. The van der Waals surface area contributed by atoms with Gasteiger partial charge in [0.15, 0.2) is 0 Å². The Bertz CT molecular complexity index is 1500. The van der Waals surface area contributed by atoms with Gasteiger partial charge in [-0.2, -0.15) is 0 Å². The fraction of sp³-hybridized carbons (Fsp3) is 0.250. The van der Waals surface area contributed by atoms with Gasteiger partial charge in [-0.15, -0.1) is 0 Å². The standard InChI is InChI=1S/C32H34N4O5/c1-6-21-11-10-14-24(19-21)28(29(38)34-25-16-15-22-12-8-9-13-23(22)20-25)36(7-2)30(39)26(17-18-27(33)37)35-31(40)41-32(3,4)5/h2,6,8-16,19-20,26,28H,1,17-18H2,3-5H3,(H2,33,37)(H,34,38)(H,35,40). The van der Waals surface area contributed by atoms with Crippen LogP contribution in [0.25, 0.3) is 16.8 Å². The Hall–Kier alpha value is -5.10. The number of terminal acetylenes is 1. The van der Waals surface area contributed by atoms with E-state index in [0.29, 0.717) is 16.8 Å². The molecule has 4 N–H and O–H groups in total. The van der Waals surface area contributed by atoms with Crippen LogP contribution in [0.5, 0.6) is 0 Å². The lowest BCUT2D eigenvalue weighted by molar-refractivity contribution is -0.137. The number of nitrogens with two attached hydrogens (primary N) is 1. The molecule has 3 rings (SSSR count). The molecule has 0 aliphatic carbocycles. The SMILES string of the molecule is C#CN(C(=O)C(CCC(N)=O)NC(=O)OC(C)(C)C)C(C(=O)Nc1ccc2ccccc2c1)c1cccc(C=C)c1. The van der Waals surface area contributed by atoms with E-state index in [0.717, 1.165) is 15.7 Å². The lowest BCUT2D eigenvalue weighted by Gasteiger charge is -2.30. The molecule has 212 valence electrons. The fourth-order valence-electron chi connectivity index (χ4n) is 4.18. The zero-order valence-electron chi connectivity index (χ0n) is 23.3. The molecule has 41 heavy (non-hydrogen) atoms. The van der Waals surface area contributed by atoms with E-state index in [1.54, 1.807) is 57.2 Å². The summed E-state index contributed by atoms with van der Waals surface area (Å²) >= 11 is 0. The van der Waals surface area contributed by atoms with Crippen LogP contribution >= 0.6 is 0 Å². The average Bonchev–Trinajstić information content (AvgIpc) is 2.92. The summed E-state index contributed by atoms with van der Waals surface area (Å²) in [4.78, 5) is 52.7. The summed E-state index contributed by atoms with van der Waals surface area (Å²) in [6.07, 6.45) is 6.18. The number of carbonyl (C=O) groups excluding carboxylic acids is 4. The zero-order chi connectivity index (χ0) is 30.2. The quantitative estimate of drug-likeness (QED) is 0.246. The van der Waals surface area contributed by atoms with Crippen molar-refractivity contribution in [3.63, 3.8) is 0 Å². The van der Waals surface area contributed by atoms with E-state index < -0.39 is 41.5 Å². The number of primary amides is 1. The number of anilines is 1. The second-order valence-corrected chi connectivity index (χ2v) is 10.4. The van der Waals surface area contributed by atoms with E-state index in [2.05, 4.69) is 23.3 Å². The van der Waals surface area contributed by atoms with Gasteiger partial charge < -0.3 is 21.1 Å². The van der Waals surface area contributed by atoms with Crippen molar-refractivity contribution in [2.45, 2.75) is 51.3 Å². The van der Waals surface area contributed by atoms with Crippen molar-refractivity contribution in [1.29, 1.82) is 0 Å². The third-order valence-electron chi connectivity index (χ3n) is 6.03. The lowest BCUT2D eigenvalue weighted by atomic mass is 10.00. The predicted octanol–water partition coefficient (Wildman–Crippen LogP) is 4.74. The Morgan fingerprint density at radius 2 is 1.76 bits per heavy atom. The van der Waals surface area contributed by atoms with E-state index in [1.807, 2.05) is 36.4 Å². The van der Waals surface area contributed by atoms with Crippen LogP contribution in [0.15, 0.2) is 73.3 Å². The van der Waals surface area contributed by atoms with Gasteiger partial charge in [0.2, 0.25) is 5.91 Å². The van der Waals surface area contributed by atoms with Crippen LogP contribution in [0.1, 0.15) is 50.8 Å². The summed E-state index contributed by atoms with van der Waals surface area (Å²) in [7, 11) is 0. The largest absolute Gasteiger partial charge is 0.444 e. The third kappa shape index (κ3) is 8.44. The topological polar surface area (TPSA) is 131 Å². The first kappa shape index (κ1) is 30.4. The molecule has 2 atom stereocenters. The minimum Gasteiger partial charge on any atom is -0.444 e. The van der Waals surface area contributed by atoms with Gasteiger partial charge in [0.1, 0.15) is 17.7 Å². The number of nitrogens with zero attached hydrogens (tertiary/aromatic N) is 1. The third-order valence-corrected chi connectivity index (χ3v) is 6.03. The minimum absolute atomic E-state index is 0.155. The first-order chi connectivity index (χ1) is 19.4. The molecule has 0 aliphatic heterocycles. The molecule has 0 saturated heterocycles. The smallest absolute Gasteiger partial charge is 0.408 e. The Kier molecular flexibility index (Phi) is 9.88. The number of benzene rings is 3. The van der Waals surface area contributed by atoms with Crippen molar-refractivity contribution in [3.8, 4) is 12.5 Å². The van der Waals surface area contributed by atoms with Gasteiger partial charge in [-0.25, -0.2) is 4.79 Å². The van der Waals surface area contributed by atoms with Crippen molar-refractivity contribution in [2.75, 3.05) is 5.32 Å². The molecule has 3 aromatic rings. The summed E-state index contributed by atoms with van der Waals surface area (Å²) < 4.78 is 5.30. The highest BCUT2D eigenvalue weighted by Gasteiger charge is 2.36. The molecule has 2 unspecified atom stereocenters. The van der Waals surface area contributed by atoms with Gasteiger partial charge in [-0.1, -0.05) is 67.6 Å². The Morgan fingerprint density at radius 3 is 2.39 bits per heavy atom. The first-order valence-electron chi connectivity index (χ1n) is 13.0. The van der Waals surface area contributed by atoms with Crippen LogP contribution in [-0.4, -0.2) is 40.4 Å². The molecular formula is C32H34N4O5. The fourth-order valence-corrected chi connectivity index (χ4v) is 4.18. The van der Waals surface area contributed by atoms with Gasteiger partial charge in [-0.3, -0.25) is 19.3 Å². The Labute approximate surface area is 239 Å². The molecule has 9 heteroatoms. The van der Waals surface area contributed by atoms with Crippen LogP contribution in [0.4, 0.5) is 10.5 Å². The van der Waals surface area contributed by atoms with Gasteiger partial charge in [0, 0.05) is 18.2 Å². The summed E-state index contributed by atoms with van der Waals surface area (Å²) in [6.45, 7) is 8.78. The molecule has 0 aliphatic rings. The number of alkyl carbamates (subject to hydrolysis) is 1. The number of hydrogen-bond acceptors (Lipinski definition) is 5. The van der Waals surface area contributed by atoms with Crippen LogP contribution in [0.3, 0.4) is 0 Å². The first-order valence-corrected chi connectivity index (χ1v) is 13.0. The van der Waals surface area contributed by atoms with E-state index >= 15 is 0 Å². The minimum atomic E-state index is -1.30. The number of amides is 4. The van der Waals surface area contributed by atoms with Crippen LogP contribution in [0.2, 0.25) is 0 Å². The van der Waals surface area contributed by atoms with Crippen LogP contribution in [-0.2, 0) is 19.1 Å². The summed E-state index contributed by atoms with van der Waals surface area (Å²) in [5.74, 6) is -2.05. The molecular weight excluding hydrogens is 520 g/mol. The van der Waals surface area contributed by atoms with E-state index in [4.69, 9.17) is 16.9 Å².